The van der Waals surface area contributed by atoms with E-state index in [2.05, 4.69) is 13.2 Å². The molecule has 0 aromatic rings. The molecule has 5 unspecified atom stereocenters. The van der Waals surface area contributed by atoms with Crippen molar-refractivity contribution in [1.29, 1.82) is 0 Å². The van der Waals surface area contributed by atoms with Crippen LogP contribution >= 0.6 is 0 Å². The van der Waals surface area contributed by atoms with Gasteiger partial charge in [-0.15, -0.1) is 0 Å². The van der Waals surface area contributed by atoms with E-state index in [0.717, 1.165) is 0 Å². The fourth-order valence-electron chi connectivity index (χ4n) is 1.52. The summed E-state index contributed by atoms with van der Waals surface area (Å²) in [6.45, 7) is 6.63. The maximum absolute atomic E-state index is 9.60. The van der Waals surface area contributed by atoms with Crippen molar-refractivity contribution in [2.45, 2.75) is 30.5 Å². The zero-order chi connectivity index (χ0) is 11.6. The third-order valence-electron chi connectivity index (χ3n) is 2.52. The molecular formula is C10H16O5. The van der Waals surface area contributed by atoms with Gasteiger partial charge in [0.2, 0.25) is 0 Å². The summed E-state index contributed by atoms with van der Waals surface area (Å²) in [5.74, 6) is 0. The summed E-state index contributed by atoms with van der Waals surface area (Å²) in [5, 5.41) is 37.4. The molecule has 86 valence electrons. The minimum atomic E-state index is -1.36. The lowest BCUT2D eigenvalue weighted by atomic mass is 9.92. The van der Waals surface area contributed by atoms with Crippen LogP contribution in [0.3, 0.4) is 0 Å². The van der Waals surface area contributed by atoms with Gasteiger partial charge in [-0.1, -0.05) is 19.2 Å². The second-order valence-electron chi connectivity index (χ2n) is 3.53. The van der Waals surface area contributed by atoms with Crippen molar-refractivity contribution in [3.63, 3.8) is 0 Å². The molecule has 0 radical (unpaired) electrons. The van der Waals surface area contributed by atoms with Crippen LogP contribution in [0, 0.1) is 0 Å². The molecule has 0 saturated carbocycles. The van der Waals surface area contributed by atoms with Gasteiger partial charge in [0.05, 0.1) is 6.61 Å². The number of hydrogen-bond acceptors (Lipinski definition) is 5. The highest BCUT2D eigenvalue weighted by Gasteiger charge is 2.43. The molecule has 0 aromatic heterocycles. The molecule has 1 aliphatic rings. The van der Waals surface area contributed by atoms with Crippen LogP contribution in [0.5, 0.6) is 0 Å². The quantitative estimate of drug-likeness (QED) is 0.434. The van der Waals surface area contributed by atoms with E-state index < -0.39 is 37.1 Å². The molecule has 0 aromatic carbocycles. The van der Waals surface area contributed by atoms with Gasteiger partial charge in [0.25, 0.3) is 0 Å². The lowest BCUT2D eigenvalue weighted by Gasteiger charge is -2.40. The van der Waals surface area contributed by atoms with Crippen LogP contribution in [0.2, 0.25) is 0 Å². The Labute approximate surface area is 87.9 Å². The fourth-order valence-corrected chi connectivity index (χ4v) is 1.52. The van der Waals surface area contributed by atoms with Gasteiger partial charge in [-0.3, -0.25) is 0 Å². The molecule has 15 heavy (non-hydrogen) atoms. The van der Waals surface area contributed by atoms with Crippen LogP contribution in [0.1, 0.15) is 0 Å². The van der Waals surface area contributed by atoms with Gasteiger partial charge < -0.3 is 25.2 Å². The molecule has 0 amide bonds. The molecule has 0 aliphatic carbocycles. The normalized spacial score (nSPS) is 41.2. The Morgan fingerprint density at radius 1 is 1.20 bits per heavy atom. The first kappa shape index (κ1) is 12.4. The Kier molecular flexibility index (Phi) is 4.01. The van der Waals surface area contributed by atoms with E-state index in [1.165, 1.54) is 6.08 Å². The van der Waals surface area contributed by atoms with Gasteiger partial charge >= 0.3 is 0 Å². The lowest BCUT2D eigenvalue weighted by Crippen LogP contribution is -2.58. The summed E-state index contributed by atoms with van der Waals surface area (Å²) >= 11 is 0. The molecule has 1 saturated heterocycles. The van der Waals surface area contributed by atoms with Crippen molar-refractivity contribution in [2.75, 3.05) is 6.61 Å². The highest BCUT2D eigenvalue weighted by molar-refractivity contribution is 5.20. The maximum Gasteiger partial charge on any atom is 0.113 e. The number of aliphatic hydroxyl groups excluding tert-OH is 4. The summed E-state index contributed by atoms with van der Waals surface area (Å²) < 4.78 is 5.20. The van der Waals surface area contributed by atoms with Gasteiger partial charge in [-0.2, -0.15) is 0 Å². The van der Waals surface area contributed by atoms with E-state index >= 15 is 0 Å². The maximum atomic E-state index is 9.60. The molecule has 5 nitrogen and oxygen atoms in total. The summed E-state index contributed by atoms with van der Waals surface area (Å²) in [4.78, 5) is 0. The fraction of sp³-hybridized carbons (Fsp3) is 0.600. The first-order valence-electron chi connectivity index (χ1n) is 4.64. The van der Waals surface area contributed by atoms with Crippen LogP contribution in [0.15, 0.2) is 24.8 Å². The summed E-state index contributed by atoms with van der Waals surface area (Å²) in [6, 6.07) is 0. The van der Waals surface area contributed by atoms with Crippen molar-refractivity contribution < 1.29 is 25.2 Å². The Balaban J connectivity index is 2.82. The second kappa shape index (κ2) is 4.87. The predicted molar refractivity (Wildman–Crippen MR) is 53.1 cm³/mol. The van der Waals surface area contributed by atoms with E-state index in [1.807, 2.05) is 0 Å². The lowest BCUT2D eigenvalue weighted by molar-refractivity contribution is -0.218. The van der Waals surface area contributed by atoms with Crippen molar-refractivity contribution in [2.24, 2.45) is 0 Å². The Hall–Kier alpha value is -0.720. The Bertz CT molecular complexity index is 250. The largest absolute Gasteiger partial charge is 0.394 e. The van der Waals surface area contributed by atoms with Gasteiger partial charge in [0.1, 0.15) is 30.5 Å². The standard InChI is InChI=1S/C10H16O5/c1-3-5(2)10-9(14)8(13)7(12)6(4-11)15-10/h3,6-14H,1-2,4H2. The van der Waals surface area contributed by atoms with E-state index in [1.54, 1.807) is 0 Å². The average Bonchev–Trinajstić information content (AvgIpc) is 2.25. The van der Waals surface area contributed by atoms with Crippen LogP contribution in [-0.4, -0.2) is 57.6 Å². The van der Waals surface area contributed by atoms with Crippen LogP contribution < -0.4 is 0 Å². The van der Waals surface area contributed by atoms with Crippen LogP contribution in [0.25, 0.3) is 0 Å². The molecule has 1 fully saturated rings. The van der Waals surface area contributed by atoms with Crippen LogP contribution in [0.4, 0.5) is 0 Å². The highest BCUT2D eigenvalue weighted by Crippen LogP contribution is 2.25. The first-order chi connectivity index (χ1) is 7.02. The Morgan fingerprint density at radius 3 is 2.27 bits per heavy atom. The van der Waals surface area contributed by atoms with E-state index in [0.29, 0.717) is 5.57 Å². The molecule has 5 heteroatoms. The summed E-state index contributed by atoms with van der Waals surface area (Å²) in [7, 11) is 0. The topological polar surface area (TPSA) is 90.2 Å². The number of aliphatic hydroxyl groups is 4. The van der Waals surface area contributed by atoms with E-state index in [4.69, 9.17) is 9.84 Å². The molecule has 1 rings (SSSR count). The second-order valence-corrected chi connectivity index (χ2v) is 3.53. The third kappa shape index (κ3) is 2.27. The van der Waals surface area contributed by atoms with Gasteiger partial charge in [0.15, 0.2) is 0 Å². The molecular weight excluding hydrogens is 200 g/mol. The number of ether oxygens (including phenoxy) is 1. The zero-order valence-corrected chi connectivity index (χ0v) is 8.28. The average molecular weight is 216 g/mol. The van der Waals surface area contributed by atoms with Crippen molar-refractivity contribution in [3.8, 4) is 0 Å². The van der Waals surface area contributed by atoms with Gasteiger partial charge in [0, 0.05) is 0 Å². The predicted octanol–water partition coefficient (Wildman–Crippen LogP) is -1.43. The van der Waals surface area contributed by atoms with Crippen molar-refractivity contribution >= 4 is 0 Å². The first-order valence-corrected chi connectivity index (χ1v) is 4.64. The van der Waals surface area contributed by atoms with Crippen LogP contribution in [-0.2, 0) is 4.74 Å². The monoisotopic (exact) mass is 216 g/mol. The zero-order valence-electron chi connectivity index (χ0n) is 8.28. The third-order valence-corrected chi connectivity index (χ3v) is 2.52. The molecule has 1 heterocycles. The Morgan fingerprint density at radius 2 is 1.80 bits per heavy atom. The van der Waals surface area contributed by atoms with Gasteiger partial charge in [-0.05, 0) is 5.57 Å². The minimum absolute atomic E-state index is 0.395. The highest BCUT2D eigenvalue weighted by atomic mass is 16.5. The van der Waals surface area contributed by atoms with Crippen molar-refractivity contribution in [1.82, 2.24) is 0 Å². The SMILES string of the molecule is C=CC(=C)C1OC(CO)C(O)C(O)C1O. The number of hydrogen-bond donors (Lipinski definition) is 4. The van der Waals surface area contributed by atoms with E-state index in [9.17, 15) is 15.3 Å². The molecule has 0 bridgehead atoms. The molecule has 0 spiro atoms. The summed E-state index contributed by atoms with van der Waals surface area (Å²) in [6.07, 6.45) is -4.32. The molecule has 4 N–H and O–H groups in total. The summed E-state index contributed by atoms with van der Waals surface area (Å²) in [5.41, 5.74) is 0.395. The molecule has 1 aliphatic heterocycles. The van der Waals surface area contributed by atoms with Gasteiger partial charge in [-0.25, -0.2) is 0 Å². The number of rotatable bonds is 3. The van der Waals surface area contributed by atoms with E-state index in [-0.39, 0.29) is 0 Å². The minimum Gasteiger partial charge on any atom is -0.394 e. The van der Waals surface area contributed by atoms with Crippen molar-refractivity contribution in [3.05, 3.63) is 24.8 Å². The molecule has 5 atom stereocenters. The smallest absolute Gasteiger partial charge is 0.113 e.